The maximum atomic E-state index is 11.6. The summed E-state index contributed by atoms with van der Waals surface area (Å²) in [6, 6.07) is 4.07. The van der Waals surface area contributed by atoms with E-state index in [-0.39, 0.29) is 17.7 Å². The molecule has 0 bridgehead atoms. The predicted octanol–water partition coefficient (Wildman–Crippen LogP) is 1.84. The second kappa shape index (κ2) is 6.19. The van der Waals surface area contributed by atoms with E-state index in [1.807, 2.05) is 19.1 Å². The number of carbonyl (C=O) groups is 2. The van der Waals surface area contributed by atoms with Gasteiger partial charge in [0, 0.05) is 28.6 Å². The van der Waals surface area contributed by atoms with Gasteiger partial charge in [-0.15, -0.1) is 11.3 Å². The van der Waals surface area contributed by atoms with Crippen molar-refractivity contribution >= 4 is 23.2 Å². The van der Waals surface area contributed by atoms with Gasteiger partial charge in [0.2, 0.25) is 11.8 Å². The van der Waals surface area contributed by atoms with Gasteiger partial charge in [-0.1, -0.05) is 6.92 Å². The van der Waals surface area contributed by atoms with Crippen LogP contribution in [-0.4, -0.2) is 18.4 Å². The van der Waals surface area contributed by atoms with Gasteiger partial charge in [-0.05, 0) is 31.4 Å². The number of nitrogens with one attached hydrogen (secondary N) is 2. The van der Waals surface area contributed by atoms with Gasteiger partial charge in [-0.2, -0.15) is 0 Å². The minimum atomic E-state index is -0.0183. The fourth-order valence-electron chi connectivity index (χ4n) is 1.97. The normalized spacial score (nSPS) is 20.9. The summed E-state index contributed by atoms with van der Waals surface area (Å²) in [4.78, 5) is 25.5. The van der Waals surface area contributed by atoms with Crippen LogP contribution < -0.4 is 10.6 Å². The summed E-state index contributed by atoms with van der Waals surface area (Å²) < 4.78 is 0. The maximum absolute atomic E-state index is 11.6. The van der Waals surface area contributed by atoms with Crippen LogP contribution in [0.25, 0.3) is 0 Å². The Morgan fingerprint density at radius 1 is 1.37 bits per heavy atom. The van der Waals surface area contributed by atoms with Crippen molar-refractivity contribution in [3.05, 3.63) is 21.9 Å². The van der Waals surface area contributed by atoms with Gasteiger partial charge in [0.1, 0.15) is 0 Å². The summed E-state index contributed by atoms with van der Waals surface area (Å²) in [6.07, 6.45) is 1.33. The molecule has 0 saturated heterocycles. The van der Waals surface area contributed by atoms with Gasteiger partial charge in [-0.3, -0.25) is 9.59 Å². The predicted molar refractivity (Wildman–Crippen MR) is 75.8 cm³/mol. The molecule has 0 aliphatic heterocycles. The van der Waals surface area contributed by atoms with Crippen LogP contribution in [0.4, 0.5) is 0 Å². The molecule has 0 spiro atoms. The molecule has 0 unspecified atom stereocenters. The minimum absolute atomic E-state index is 0.0183. The van der Waals surface area contributed by atoms with Crippen molar-refractivity contribution in [2.24, 2.45) is 11.8 Å². The lowest BCUT2D eigenvalue weighted by atomic mass is 10.3. The average molecular weight is 280 g/mol. The summed E-state index contributed by atoms with van der Waals surface area (Å²) in [6.45, 7) is 5.12. The van der Waals surface area contributed by atoms with E-state index in [9.17, 15) is 9.59 Å². The highest BCUT2D eigenvalue weighted by Gasteiger charge is 2.38. The molecule has 1 aromatic heterocycles. The van der Waals surface area contributed by atoms with Crippen molar-refractivity contribution in [2.45, 2.75) is 33.2 Å². The summed E-state index contributed by atoms with van der Waals surface area (Å²) in [5, 5.41) is 5.67. The first-order valence-electron chi connectivity index (χ1n) is 6.66. The number of carbonyl (C=O) groups excluding carboxylic acids is 2. The number of aryl methyl sites for hydroxylation is 1. The monoisotopic (exact) mass is 280 g/mol. The fraction of sp³-hybridized carbons (Fsp3) is 0.571. The van der Waals surface area contributed by atoms with Crippen LogP contribution in [0.15, 0.2) is 12.1 Å². The Kier molecular flexibility index (Phi) is 4.58. The Morgan fingerprint density at radius 2 is 2.11 bits per heavy atom. The first kappa shape index (κ1) is 14.1. The highest BCUT2D eigenvalue weighted by atomic mass is 32.1. The van der Waals surface area contributed by atoms with Gasteiger partial charge >= 0.3 is 0 Å². The van der Waals surface area contributed by atoms with Crippen LogP contribution in [0.5, 0.6) is 0 Å². The molecule has 104 valence electrons. The molecule has 1 aliphatic rings. The molecule has 1 aromatic rings. The molecule has 1 fully saturated rings. The van der Waals surface area contributed by atoms with Gasteiger partial charge in [-0.25, -0.2) is 0 Å². The van der Waals surface area contributed by atoms with E-state index in [0.717, 1.165) is 11.3 Å². The van der Waals surface area contributed by atoms with Crippen molar-refractivity contribution in [2.75, 3.05) is 6.54 Å². The van der Waals surface area contributed by atoms with Crippen LogP contribution in [0.2, 0.25) is 0 Å². The third kappa shape index (κ3) is 4.35. The number of hydrogen-bond acceptors (Lipinski definition) is 3. The van der Waals surface area contributed by atoms with Gasteiger partial charge in [0.15, 0.2) is 0 Å². The van der Waals surface area contributed by atoms with E-state index in [1.165, 1.54) is 4.88 Å². The first-order valence-corrected chi connectivity index (χ1v) is 7.47. The van der Waals surface area contributed by atoms with Gasteiger partial charge in [0.05, 0.1) is 6.54 Å². The van der Waals surface area contributed by atoms with Crippen molar-refractivity contribution in [3.8, 4) is 0 Å². The van der Waals surface area contributed by atoms with Gasteiger partial charge < -0.3 is 10.6 Å². The first-order chi connectivity index (χ1) is 9.06. The molecule has 4 nitrogen and oxygen atoms in total. The third-order valence-corrected chi connectivity index (χ3v) is 4.35. The molecular weight excluding hydrogens is 260 g/mol. The fourth-order valence-corrected chi connectivity index (χ4v) is 2.80. The second-order valence-corrected chi connectivity index (χ2v) is 6.52. The van der Waals surface area contributed by atoms with E-state index in [0.29, 0.717) is 25.4 Å². The highest BCUT2D eigenvalue weighted by Crippen LogP contribution is 2.37. The molecule has 2 N–H and O–H groups in total. The van der Waals surface area contributed by atoms with E-state index >= 15 is 0 Å². The number of thiophene rings is 1. The average Bonchev–Trinajstić information content (AvgIpc) is 2.95. The zero-order chi connectivity index (χ0) is 13.8. The molecule has 19 heavy (non-hydrogen) atoms. The summed E-state index contributed by atoms with van der Waals surface area (Å²) in [7, 11) is 0. The lowest BCUT2D eigenvalue weighted by Crippen LogP contribution is -2.31. The molecule has 5 heteroatoms. The quantitative estimate of drug-likeness (QED) is 0.835. The Balaban J connectivity index is 1.58. The highest BCUT2D eigenvalue weighted by molar-refractivity contribution is 7.11. The van der Waals surface area contributed by atoms with Crippen LogP contribution in [0.1, 0.15) is 29.5 Å². The molecule has 1 heterocycles. The standard InChI is InChI=1S/C14H20N2O2S/c1-9-7-12(9)14(18)15-6-5-13(17)16-8-11-4-3-10(2)19-11/h3-4,9,12H,5-8H2,1-2H3,(H,15,18)(H,16,17)/t9-,12-/m1/s1. The Bertz CT molecular complexity index is 470. The number of rotatable bonds is 6. The molecular formula is C14H20N2O2S. The molecule has 2 rings (SSSR count). The molecule has 0 aromatic carbocycles. The van der Waals surface area contributed by atoms with Crippen LogP contribution in [0.3, 0.4) is 0 Å². The largest absolute Gasteiger partial charge is 0.355 e. The lowest BCUT2D eigenvalue weighted by Gasteiger charge is -2.05. The third-order valence-electron chi connectivity index (χ3n) is 3.35. The number of hydrogen-bond donors (Lipinski definition) is 2. The molecule has 2 amide bonds. The van der Waals surface area contributed by atoms with Crippen LogP contribution in [-0.2, 0) is 16.1 Å². The Hall–Kier alpha value is -1.36. The zero-order valence-corrected chi connectivity index (χ0v) is 12.2. The van der Waals surface area contributed by atoms with Crippen LogP contribution >= 0.6 is 11.3 Å². The molecule has 1 aliphatic carbocycles. The Morgan fingerprint density at radius 3 is 2.68 bits per heavy atom. The summed E-state index contributed by atoms with van der Waals surface area (Å²) >= 11 is 1.69. The Labute approximate surface area is 117 Å². The van der Waals surface area contributed by atoms with Gasteiger partial charge in [0.25, 0.3) is 0 Å². The summed E-state index contributed by atoms with van der Waals surface area (Å²) in [5.74, 6) is 0.762. The van der Waals surface area contributed by atoms with Crippen molar-refractivity contribution in [3.63, 3.8) is 0 Å². The second-order valence-electron chi connectivity index (χ2n) is 5.15. The van der Waals surface area contributed by atoms with Crippen LogP contribution in [0, 0.1) is 18.8 Å². The minimum Gasteiger partial charge on any atom is -0.355 e. The molecule has 0 radical (unpaired) electrons. The zero-order valence-electron chi connectivity index (χ0n) is 11.4. The number of amides is 2. The molecule has 1 saturated carbocycles. The maximum Gasteiger partial charge on any atom is 0.223 e. The SMILES string of the molecule is Cc1ccc(CNC(=O)CCNC(=O)[C@@H]2C[C@H]2C)s1. The van der Waals surface area contributed by atoms with E-state index in [2.05, 4.69) is 17.6 Å². The lowest BCUT2D eigenvalue weighted by molar-refractivity contribution is -0.123. The molecule has 2 atom stereocenters. The van der Waals surface area contributed by atoms with E-state index in [1.54, 1.807) is 11.3 Å². The van der Waals surface area contributed by atoms with E-state index in [4.69, 9.17) is 0 Å². The topological polar surface area (TPSA) is 58.2 Å². The smallest absolute Gasteiger partial charge is 0.223 e. The van der Waals surface area contributed by atoms with Crippen molar-refractivity contribution in [1.29, 1.82) is 0 Å². The van der Waals surface area contributed by atoms with Crippen molar-refractivity contribution in [1.82, 2.24) is 10.6 Å². The van der Waals surface area contributed by atoms with Crippen molar-refractivity contribution < 1.29 is 9.59 Å². The van der Waals surface area contributed by atoms with E-state index < -0.39 is 0 Å². The summed E-state index contributed by atoms with van der Waals surface area (Å²) in [5.41, 5.74) is 0.